The minimum absolute atomic E-state index is 0.560. The van der Waals surface area contributed by atoms with Crippen molar-refractivity contribution < 1.29 is 4.42 Å². The van der Waals surface area contributed by atoms with Crippen LogP contribution in [-0.2, 0) is 6.42 Å². The SMILES string of the molecule is CC1CCC(c2cnc(CCCNC(C)C)o2)CC1. The lowest BCUT2D eigenvalue weighted by molar-refractivity contribution is 0.308. The Morgan fingerprint density at radius 2 is 2.05 bits per heavy atom. The lowest BCUT2D eigenvalue weighted by Crippen LogP contribution is -2.23. The van der Waals surface area contributed by atoms with Crippen LogP contribution in [0.4, 0.5) is 0 Å². The van der Waals surface area contributed by atoms with E-state index in [4.69, 9.17) is 4.42 Å². The van der Waals surface area contributed by atoms with Crippen LogP contribution >= 0.6 is 0 Å². The summed E-state index contributed by atoms with van der Waals surface area (Å²) in [5.41, 5.74) is 0. The molecule has 3 heteroatoms. The molecule has 1 fully saturated rings. The van der Waals surface area contributed by atoms with Gasteiger partial charge in [-0.15, -0.1) is 0 Å². The summed E-state index contributed by atoms with van der Waals surface area (Å²) < 4.78 is 5.93. The fraction of sp³-hybridized carbons (Fsp3) is 0.812. The van der Waals surface area contributed by atoms with Gasteiger partial charge < -0.3 is 9.73 Å². The van der Waals surface area contributed by atoms with Gasteiger partial charge in [0, 0.05) is 18.4 Å². The van der Waals surface area contributed by atoms with Crippen molar-refractivity contribution in [3.8, 4) is 0 Å². The number of hydrogen-bond acceptors (Lipinski definition) is 3. The van der Waals surface area contributed by atoms with Crippen molar-refractivity contribution in [2.45, 2.75) is 71.3 Å². The molecule has 0 unspecified atom stereocenters. The highest BCUT2D eigenvalue weighted by molar-refractivity contribution is 5.03. The minimum Gasteiger partial charge on any atom is -0.445 e. The second-order valence-electron chi connectivity index (χ2n) is 6.33. The zero-order chi connectivity index (χ0) is 13.7. The molecule has 0 radical (unpaired) electrons. The first-order chi connectivity index (χ1) is 9.15. The average Bonchev–Trinajstić information content (AvgIpc) is 2.84. The molecule has 0 aliphatic heterocycles. The van der Waals surface area contributed by atoms with Crippen LogP contribution in [0.1, 0.15) is 70.4 Å². The molecule has 1 aromatic rings. The van der Waals surface area contributed by atoms with Gasteiger partial charge in [0.25, 0.3) is 0 Å². The average molecular weight is 264 g/mol. The van der Waals surface area contributed by atoms with E-state index in [1.165, 1.54) is 25.7 Å². The molecule has 108 valence electrons. The predicted molar refractivity (Wildman–Crippen MR) is 78.3 cm³/mol. The molecule has 2 rings (SSSR count). The van der Waals surface area contributed by atoms with Crippen LogP contribution in [0.15, 0.2) is 10.6 Å². The molecule has 1 aromatic heterocycles. The van der Waals surface area contributed by atoms with E-state index in [1.807, 2.05) is 6.20 Å². The third kappa shape index (κ3) is 4.64. The third-order valence-corrected chi connectivity index (χ3v) is 4.11. The molecular formula is C16H28N2O. The lowest BCUT2D eigenvalue weighted by Gasteiger charge is -2.24. The monoisotopic (exact) mass is 264 g/mol. The topological polar surface area (TPSA) is 38.1 Å². The Kier molecular flexibility index (Phi) is 5.44. The molecule has 3 nitrogen and oxygen atoms in total. The van der Waals surface area contributed by atoms with Gasteiger partial charge in [0.15, 0.2) is 5.89 Å². The molecule has 0 bridgehead atoms. The van der Waals surface area contributed by atoms with Gasteiger partial charge in [-0.3, -0.25) is 0 Å². The van der Waals surface area contributed by atoms with Gasteiger partial charge in [0.2, 0.25) is 0 Å². The maximum Gasteiger partial charge on any atom is 0.194 e. The van der Waals surface area contributed by atoms with Gasteiger partial charge in [0.1, 0.15) is 5.76 Å². The normalized spacial score (nSPS) is 24.0. The Morgan fingerprint density at radius 3 is 2.74 bits per heavy atom. The van der Waals surface area contributed by atoms with Gasteiger partial charge in [-0.1, -0.05) is 33.6 Å². The molecule has 1 aliphatic carbocycles. The molecule has 0 atom stereocenters. The Labute approximate surface area is 117 Å². The number of aryl methyl sites for hydroxylation is 1. The summed E-state index contributed by atoms with van der Waals surface area (Å²) in [6.07, 6.45) is 9.21. The maximum atomic E-state index is 5.93. The molecule has 1 N–H and O–H groups in total. The third-order valence-electron chi connectivity index (χ3n) is 4.11. The standard InChI is InChI=1S/C16H28N2O/c1-12(2)17-10-4-5-16-18-11-15(19-16)14-8-6-13(3)7-9-14/h11-14,17H,4-10H2,1-3H3. The highest BCUT2D eigenvalue weighted by Gasteiger charge is 2.22. The number of hydrogen-bond donors (Lipinski definition) is 1. The fourth-order valence-corrected chi connectivity index (χ4v) is 2.80. The molecule has 0 amide bonds. The van der Waals surface area contributed by atoms with Crippen molar-refractivity contribution in [2.75, 3.05) is 6.54 Å². The zero-order valence-electron chi connectivity index (χ0n) is 12.6. The van der Waals surface area contributed by atoms with E-state index >= 15 is 0 Å². The molecule has 1 aliphatic rings. The zero-order valence-corrected chi connectivity index (χ0v) is 12.6. The van der Waals surface area contributed by atoms with E-state index in [0.717, 1.165) is 37.0 Å². The largest absolute Gasteiger partial charge is 0.445 e. The van der Waals surface area contributed by atoms with E-state index in [-0.39, 0.29) is 0 Å². The Morgan fingerprint density at radius 1 is 1.32 bits per heavy atom. The number of nitrogens with one attached hydrogen (secondary N) is 1. The molecule has 1 saturated carbocycles. The van der Waals surface area contributed by atoms with Crippen LogP contribution in [0.3, 0.4) is 0 Å². The van der Waals surface area contributed by atoms with Crippen LogP contribution in [-0.4, -0.2) is 17.6 Å². The Balaban J connectivity index is 1.75. The van der Waals surface area contributed by atoms with Crippen molar-refractivity contribution >= 4 is 0 Å². The summed E-state index contributed by atoms with van der Waals surface area (Å²) in [6, 6.07) is 0.560. The molecule has 0 aromatic carbocycles. The number of rotatable bonds is 6. The molecule has 0 saturated heterocycles. The quantitative estimate of drug-likeness (QED) is 0.792. The van der Waals surface area contributed by atoms with Crippen molar-refractivity contribution in [3.05, 3.63) is 17.8 Å². The number of nitrogens with zero attached hydrogens (tertiary/aromatic N) is 1. The smallest absolute Gasteiger partial charge is 0.194 e. The van der Waals surface area contributed by atoms with Crippen LogP contribution in [0.5, 0.6) is 0 Å². The van der Waals surface area contributed by atoms with Gasteiger partial charge in [-0.25, -0.2) is 4.98 Å². The van der Waals surface area contributed by atoms with Gasteiger partial charge in [0.05, 0.1) is 6.20 Å². The van der Waals surface area contributed by atoms with Gasteiger partial charge in [-0.05, 0) is 31.7 Å². The number of aromatic nitrogens is 1. The number of oxazole rings is 1. The molecular weight excluding hydrogens is 236 g/mol. The Hall–Kier alpha value is -0.830. The maximum absolute atomic E-state index is 5.93. The van der Waals surface area contributed by atoms with Crippen LogP contribution in [0.2, 0.25) is 0 Å². The predicted octanol–water partition coefficient (Wildman–Crippen LogP) is 3.90. The highest BCUT2D eigenvalue weighted by Crippen LogP contribution is 2.35. The van der Waals surface area contributed by atoms with E-state index in [2.05, 4.69) is 31.1 Å². The van der Waals surface area contributed by atoms with Crippen molar-refractivity contribution in [1.82, 2.24) is 10.3 Å². The highest BCUT2D eigenvalue weighted by atomic mass is 16.4. The van der Waals surface area contributed by atoms with Gasteiger partial charge in [-0.2, -0.15) is 0 Å². The summed E-state index contributed by atoms with van der Waals surface area (Å²) in [7, 11) is 0. The second kappa shape index (κ2) is 7.09. The molecule has 19 heavy (non-hydrogen) atoms. The van der Waals surface area contributed by atoms with Crippen molar-refractivity contribution in [1.29, 1.82) is 0 Å². The molecule has 0 spiro atoms. The minimum atomic E-state index is 0.560. The van der Waals surface area contributed by atoms with E-state index in [1.54, 1.807) is 0 Å². The van der Waals surface area contributed by atoms with Gasteiger partial charge >= 0.3 is 0 Å². The van der Waals surface area contributed by atoms with Crippen LogP contribution < -0.4 is 5.32 Å². The summed E-state index contributed by atoms with van der Waals surface area (Å²) in [5, 5.41) is 3.42. The first-order valence-electron chi connectivity index (χ1n) is 7.83. The summed E-state index contributed by atoms with van der Waals surface area (Å²) in [4.78, 5) is 4.43. The lowest BCUT2D eigenvalue weighted by atomic mass is 9.82. The van der Waals surface area contributed by atoms with Crippen LogP contribution in [0, 0.1) is 5.92 Å². The Bertz CT molecular complexity index is 365. The summed E-state index contributed by atoms with van der Waals surface area (Å²) in [6.45, 7) is 7.74. The van der Waals surface area contributed by atoms with E-state index in [0.29, 0.717) is 12.0 Å². The molecule has 1 heterocycles. The van der Waals surface area contributed by atoms with Crippen molar-refractivity contribution in [2.24, 2.45) is 5.92 Å². The van der Waals surface area contributed by atoms with E-state index < -0.39 is 0 Å². The summed E-state index contributed by atoms with van der Waals surface area (Å²) >= 11 is 0. The van der Waals surface area contributed by atoms with Crippen LogP contribution in [0.25, 0.3) is 0 Å². The first-order valence-corrected chi connectivity index (χ1v) is 7.83. The first kappa shape index (κ1) is 14.6. The second-order valence-corrected chi connectivity index (χ2v) is 6.33. The van der Waals surface area contributed by atoms with Crippen molar-refractivity contribution in [3.63, 3.8) is 0 Å². The fourth-order valence-electron chi connectivity index (χ4n) is 2.80. The van der Waals surface area contributed by atoms with E-state index in [9.17, 15) is 0 Å². The summed E-state index contributed by atoms with van der Waals surface area (Å²) in [5.74, 6) is 3.55.